The number of nitriles is 1. The Morgan fingerprint density at radius 3 is 2.84 bits per heavy atom. The number of ether oxygens (including phenoxy) is 1. The number of aryl methyl sites for hydroxylation is 1. The average Bonchev–Trinajstić information content (AvgIpc) is 3.75. The monoisotopic (exact) mass is 616 g/mol. The summed E-state index contributed by atoms with van der Waals surface area (Å²) in [5.74, 6) is 1.91. The number of amides is 1. The van der Waals surface area contributed by atoms with Gasteiger partial charge in [-0.15, -0.1) is 11.3 Å². The molecule has 4 atom stereocenters. The van der Waals surface area contributed by atoms with Crippen molar-refractivity contribution in [1.29, 1.82) is 5.26 Å². The maximum absolute atomic E-state index is 12.3. The van der Waals surface area contributed by atoms with Crippen molar-refractivity contribution in [3.05, 3.63) is 46.5 Å². The number of fused-ring (bicyclic) bond motifs is 1. The number of aromatic nitrogens is 3. The van der Waals surface area contributed by atoms with Crippen molar-refractivity contribution in [2.24, 2.45) is 0 Å². The van der Waals surface area contributed by atoms with E-state index < -0.39 is 5.41 Å². The Labute approximate surface area is 262 Å². The predicted molar refractivity (Wildman–Crippen MR) is 170 cm³/mol. The van der Waals surface area contributed by atoms with E-state index in [0.29, 0.717) is 59.5 Å². The number of likely N-dealkylation sites (N-methyl/N-ethyl adjacent to an activating group) is 1. The molecule has 1 amide bonds. The van der Waals surface area contributed by atoms with Crippen LogP contribution in [0.1, 0.15) is 68.2 Å². The summed E-state index contributed by atoms with van der Waals surface area (Å²) >= 11 is 1.50. The van der Waals surface area contributed by atoms with Crippen LogP contribution in [0.5, 0.6) is 5.88 Å². The second-order valence-corrected chi connectivity index (χ2v) is 13.6. The van der Waals surface area contributed by atoms with Crippen LogP contribution in [-0.2, 0) is 16.6 Å². The van der Waals surface area contributed by atoms with Gasteiger partial charge in [-0.1, -0.05) is 11.7 Å². The van der Waals surface area contributed by atoms with Gasteiger partial charge in [-0.25, -0.2) is 4.98 Å². The Morgan fingerprint density at radius 2 is 2.14 bits per heavy atom. The fourth-order valence-electron chi connectivity index (χ4n) is 7.15. The highest BCUT2D eigenvalue weighted by Crippen LogP contribution is 2.49. The van der Waals surface area contributed by atoms with Crippen LogP contribution < -0.4 is 15.4 Å². The molecule has 2 fully saturated rings. The normalized spacial score (nSPS) is 24.5. The van der Waals surface area contributed by atoms with Gasteiger partial charge in [-0.05, 0) is 78.1 Å². The van der Waals surface area contributed by atoms with Crippen LogP contribution >= 0.6 is 11.3 Å². The van der Waals surface area contributed by atoms with E-state index in [1.54, 1.807) is 4.90 Å². The molecule has 0 bridgehead atoms. The van der Waals surface area contributed by atoms with Crippen molar-refractivity contribution in [2.45, 2.75) is 76.5 Å². The molecule has 3 aromatic heterocycles. The molecule has 44 heavy (non-hydrogen) atoms. The third-order valence-corrected chi connectivity index (χ3v) is 10.6. The molecule has 6 rings (SSSR count). The number of hydrogen-bond donors (Lipinski definition) is 1. The van der Waals surface area contributed by atoms with Crippen molar-refractivity contribution in [3.8, 4) is 23.5 Å². The number of likely N-dealkylation sites (tertiary alicyclic amines) is 1. The summed E-state index contributed by atoms with van der Waals surface area (Å²) in [6.07, 6.45) is 6.19. The lowest BCUT2D eigenvalue weighted by atomic mass is 9.70. The van der Waals surface area contributed by atoms with Crippen LogP contribution in [0, 0.1) is 11.3 Å². The predicted octanol–water partition coefficient (Wildman–Crippen LogP) is 4.37. The number of piperazine rings is 1. The number of rotatable bonds is 7. The smallest absolute Gasteiger partial charge is 0.246 e. The van der Waals surface area contributed by atoms with Gasteiger partial charge in [-0.3, -0.25) is 9.69 Å². The first-order valence-corrected chi connectivity index (χ1v) is 16.2. The Hall–Kier alpha value is -3.95. The number of thiophene rings is 1. The summed E-state index contributed by atoms with van der Waals surface area (Å²) in [5.41, 5.74) is 7.96. The molecular weight excluding hydrogens is 576 g/mol. The first-order chi connectivity index (χ1) is 21.1. The van der Waals surface area contributed by atoms with E-state index in [-0.39, 0.29) is 18.1 Å². The summed E-state index contributed by atoms with van der Waals surface area (Å²) in [7, 11) is 2.13. The molecule has 232 valence electrons. The molecule has 0 unspecified atom stereocenters. The molecule has 0 radical (unpaired) electrons. The molecule has 3 aliphatic rings. The van der Waals surface area contributed by atoms with Crippen LogP contribution in [0.2, 0.25) is 0 Å². The van der Waals surface area contributed by atoms with Gasteiger partial charge in [0.25, 0.3) is 0 Å². The van der Waals surface area contributed by atoms with Crippen molar-refractivity contribution in [2.75, 3.05) is 43.9 Å². The highest BCUT2D eigenvalue weighted by atomic mass is 32.1. The highest BCUT2D eigenvalue weighted by Gasteiger charge is 2.41. The van der Waals surface area contributed by atoms with Crippen LogP contribution in [0.3, 0.4) is 0 Å². The minimum atomic E-state index is -0.518. The summed E-state index contributed by atoms with van der Waals surface area (Å²) in [6, 6.07) is 6.42. The van der Waals surface area contributed by atoms with Gasteiger partial charge in [0, 0.05) is 54.1 Å². The van der Waals surface area contributed by atoms with Gasteiger partial charge in [0.15, 0.2) is 0 Å². The summed E-state index contributed by atoms with van der Waals surface area (Å²) < 4.78 is 12.4. The second-order valence-electron chi connectivity index (χ2n) is 12.4. The van der Waals surface area contributed by atoms with Gasteiger partial charge in [0.2, 0.25) is 23.4 Å². The van der Waals surface area contributed by atoms with Crippen molar-refractivity contribution < 1.29 is 14.1 Å². The minimum Gasteiger partial charge on any atom is -0.473 e. The number of anilines is 2. The van der Waals surface area contributed by atoms with E-state index in [9.17, 15) is 10.1 Å². The number of nitrogens with zero attached hydrogens (tertiary/aromatic N) is 7. The fraction of sp³-hybridized carbons (Fsp3) is 0.531. The SMILES string of the molecule is C=CC(=O)N1CCN(c2cc(O[C@@H](C)[C@@H]3CCCN3C)nc(-c3cc([C@@]4(C)CCCc5sc(N)c(C#N)c54)no3)n2)[C@H](C)C1. The van der Waals surface area contributed by atoms with E-state index in [4.69, 9.17) is 25.0 Å². The highest BCUT2D eigenvalue weighted by molar-refractivity contribution is 7.16. The molecule has 2 aliphatic heterocycles. The molecule has 2 N–H and O–H groups in total. The quantitative estimate of drug-likeness (QED) is 0.381. The fourth-order valence-corrected chi connectivity index (χ4v) is 8.34. The molecule has 3 aromatic rings. The zero-order chi connectivity index (χ0) is 31.2. The minimum absolute atomic E-state index is 0.0138. The van der Waals surface area contributed by atoms with Gasteiger partial charge in [0.1, 0.15) is 23.0 Å². The lowest BCUT2D eigenvalue weighted by Gasteiger charge is -2.40. The van der Waals surface area contributed by atoms with E-state index in [2.05, 4.69) is 55.4 Å². The van der Waals surface area contributed by atoms with Crippen LogP contribution in [0.25, 0.3) is 11.6 Å². The number of nitrogens with two attached hydrogens (primary N) is 1. The van der Waals surface area contributed by atoms with Crippen LogP contribution in [-0.4, -0.2) is 82.2 Å². The average molecular weight is 617 g/mol. The maximum Gasteiger partial charge on any atom is 0.246 e. The van der Waals surface area contributed by atoms with E-state index in [0.717, 1.165) is 54.8 Å². The lowest BCUT2D eigenvalue weighted by Crippen LogP contribution is -2.53. The molecule has 0 spiro atoms. The van der Waals surface area contributed by atoms with Crippen molar-refractivity contribution in [1.82, 2.24) is 24.9 Å². The van der Waals surface area contributed by atoms with Gasteiger partial charge in [-0.2, -0.15) is 10.2 Å². The van der Waals surface area contributed by atoms with E-state index in [1.165, 1.54) is 17.4 Å². The number of carbonyl (C=O) groups excluding carboxylic acids is 1. The lowest BCUT2D eigenvalue weighted by molar-refractivity contribution is -0.126. The second kappa shape index (κ2) is 11.9. The summed E-state index contributed by atoms with van der Waals surface area (Å²) in [4.78, 5) is 29.5. The van der Waals surface area contributed by atoms with E-state index in [1.807, 2.05) is 12.1 Å². The van der Waals surface area contributed by atoms with Crippen molar-refractivity contribution >= 4 is 28.1 Å². The zero-order valence-electron chi connectivity index (χ0n) is 25.9. The molecule has 0 saturated carbocycles. The molecular formula is C32H40N8O3S. The van der Waals surface area contributed by atoms with Gasteiger partial charge in [0.05, 0.1) is 11.3 Å². The number of nitrogen functional groups attached to an aromatic ring is 1. The van der Waals surface area contributed by atoms with Crippen LogP contribution in [0.15, 0.2) is 29.3 Å². The summed E-state index contributed by atoms with van der Waals surface area (Å²) in [6.45, 7) is 12.7. The Kier molecular flexibility index (Phi) is 8.11. The third-order valence-electron chi connectivity index (χ3n) is 9.57. The van der Waals surface area contributed by atoms with E-state index >= 15 is 0 Å². The van der Waals surface area contributed by atoms with Gasteiger partial charge < -0.3 is 24.8 Å². The van der Waals surface area contributed by atoms with Crippen molar-refractivity contribution in [3.63, 3.8) is 0 Å². The Bertz CT molecular complexity index is 1610. The Balaban J connectivity index is 1.36. The molecule has 0 aromatic carbocycles. The topological polar surface area (TPSA) is 138 Å². The first kappa shape index (κ1) is 30.1. The standard InChI is InChI=1S/C32H40N8O3S/c1-6-28(41)39-13-14-40(19(2)18-39)26-16-27(42-20(3)22-9-8-12-38(22)5)36-31(35-26)23-15-25(37-43-23)32(4)11-7-10-24-29(32)21(17-33)30(34)44-24/h6,15-16,19-20,22H,1,7-14,18,34H2,2-5H3/t19-,20+,22+,32-/m1/s1. The molecule has 2 saturated heterocycles. The van der Waals surface area contributed by atoms with Gasteiger partial charge >= 0.3 is 0 Å². The molecule has 5 heterocycles. The molecule has 1 aliphatic carbocycles. The largest absolute Gasteiger partial charge is 0.473 e. The number of carbonyl (C=O) groups is 1. The zero-order valence-corrected chi connectivity index (χ0v) is 26.7. The third kappa shape index (κ3) is 5.32. The molecule has 12 heteroatoms. The Morgan fingerprint density at radius 1 is 1.32 bits per heavy atom. The number of hydrogen-bond acceptors (Lipinski definition) is 11. The first-order valence-electron chi connectivity index (χ1n) is 15.4. The molecule has 11 nitrogen and oxygen atoms in total. The maximum atomic E-state index is 12.3. The summed E-state index contributed by atoms with van der Waals surface area (Å²) in [5, 5.41) is 15.0. The van der Waals surface area contributed by atoms with Crippen LogP contribution in [0.4, 0.5) is 10.8 Å².